The molecule has 1 aliphatic heterocycles. The van der Waals surface area contributed by atoms with Crippen LogP contribution in [0.2, 0.25) is 0 Å². The van der Waals surface area contributed by atoms with E-state index in [1.54, 1.807) is 31.2 Å². The molecule has 0 fully saturated rings. The number of carbonyl (C=O) groups is 2. The standard InChI is InChI=1S/C13H12N2O3/c1-3-18-13(17)11-9(2)12(16)15(14-11)10-7-5-4-6-8-10/h4-8H,2-3H2,1H3. The van der Waals surface area contributed by atoms with E-state index in [1.165, 1.54) is 0 Å². The zero-order valence-corrected chi connectivity index (χ0v) is 9.92. The van der Waals surface area contributed by atoms with Gasteiger partial charge in [-0.3, -0.25) is 4.79 Å². The molecule has 0 aliphatic carbocycles. The van der Waals surface area contributed by atoms with Crippen molar-refractivity contribution in [2.45, 2.75) is 6.92 Å². The molecule has 5 nitrogen and oxygen atoms in total. The number of benzene rings is 1. The van der Waals surface area contributed by atoms with E-state index in [0.29, 0.717) is 5.69 Å². The zero-order valence-electron chi connectivity index (χ0n) is 9.92. The third kappa shape index (κ3) is 2.02. The number of ether oxygens (including phenoxy) is 1. The van der Waals surface area contributed by atoms with Crippen LogP contribution < -0.4 is 5.01 Å². The Morgan fingerprint density at radius 2 is 2.06 bits per heavy atom. The van der Waals surface area contributed by atoms with Gasteiger partial charge in [0.25, 0.3) is 5.91 Å². The zero-order chi connectivity index (χ0) is 13.1. The summed E-state index contributed by atoms with van der Waals surface area (Å²) in [6.07, 6.45) is 0. The molecule has 1 aromatic carbocycles. The molecule has 1 heterocycles. The van der Waals surface area contributed by atoms with E-state index in [-0.39, 0.29) is 17.9 Å². The van der Waals surface area contributed by atoms with E-state index < -0.39 is 11.9 Å². The van der Waals surface area contributed by atoms with Crippen LogP contribution in [0.4, 0.5) is 5.69 Å². The van der Waals surface area contributed by atoms with Crippen LogP contribution in [-0.4, -0.2) is 24.2 Å². The molecular formula is C13H12N2O3. The van der Waals surface area contributed by atoms with Crippen LogP contribution in [0.25, 0.3) is 0 Å². The molecule has 0 saturated carbocycles. The monoisotopic (exact) mass is 244 g/mol. The van der Waals surface area contributed by atoms with Gasteiger partial charge >= 0.3 is 5.97 Å². The van der Waals surface area contributed by atoms with Crippen molar-refractivity contribution in [2.75, 3.05) is 11.6 Å². The smallest absolute Gasteiger partial charge is 0.359 e. The highest BCUT2D eigenvalue weighted by Gasteiger charge is 2.34. The van der Waals surface area contributed by atoms with Gasteiger partial charge in [0, 0.05) is 0 Å². The van der Waals surface area contributed by atoms with Crippen molar-refractivity contribution >= 4 is 23.3 Å². The largest absolute Gasteiger partial charge is 0.461 e. The molecule has 18 heavy (non-hydrogen) atoms. The van der Waals surface area contributed by atoms with Crippen molar-refractivity contribution in [1.82, 2.24) is 0 Å². The molecule has 92 valence electrons. The highest BCUT2D eigenvalue weighted by Crippen LogP contribution is 2.22. The van der Waals surface area contributed by atoms with Crippen molar-refractivity contribution in [1.29, 1.82) is 0 Å². The minimum atomic E-state index is -0.630. The van der Waals surface area contributed by atoms with Crippen molar-refractivity contribution in [2.24, 2.45) is 5.10 Å². The molecule has 0 spiro atoms. The van der Waals surface area contributed by atoms with E-state index in [9.17, 15) is 9.59 Å². The lowest BCUT2D eigenvalue weighted by Crippen LogP contribution is -2.22. The predicted molar refractivity (Wildman–Crippen MR) is 67.1 cm³/mol. The summed E-state index contributed by atoms with van der Waals surface area (Å²) in [5.41, 5.74) is 0.603. The van der Waals surface area contributed by atoms with Crippen molar-refractivity contribution in [3.8, 4) is 0 Å². The van der Waals surface area contributed by atoms with E-state index in [4.69, 9.17) is 4.74 Å². The third-order valence-electron chi connectivity index (χ3n) is 2.41. The fourth-order valence-electron chi connectivity index (χ4n) is 1.54. The number of rotatable bonds is 3. The number of hydrogen-bond donors (Lipinski definition) is 0. The first-order valence-corrected chi connectivity index (χ1v) is 5.49. The summed E-state index contributed by atoms with van der Waals surface area (Å²) in [6.45, 7) is 5.49. The van der Waals surface area contributed by atoms with Crippen LogP contribution in [0, 0.1) is 0 Å². The molecule has 0 aromatic heterocycles. The molecule has 1 aliphatic rings. The van der Waals surface area contributed by atoms with E-state index in [2.05, 4.69) is 11.7 Å². The molecule has 2 rings (SSSR count). The summed E-state index contributed by atoms with van der Waals surface area (Å²) < 4.78 is 4.82. The van der Waals surface area contributed by atoms with Crippen molar-refractivity contribution < 1.29 is 14.3 Å². The minimum absolute atomic E-state index is 0.0364. The number of amides is 1. The average Bonchev–Trinajstić information content (AvgIpc) is 2.68. The first-order chi connectivity index (χ1) is 8.65. The number of esters is 1. The fraction of sp³-hybridized carbons (Fsp3) is 0.154. The van der Waals surface area contributed by atoms with Crippen LogP contribution in [0.1, 0.15) is 6.92 Å². The van der Waals surface area contributed by atoms with Gasteiger partial charge in [-0.05, 0) is 19.1 Å². The number of hydrogen-bond acceptors (Lipinski definition) is 4. The molecule has 0 unspecified atom stereocenters. The lowest BCUT2D eigenvalue weighted by atomic mass is 10.2. The molecule has 1 aromatic rings. The predicted octanol–water partition coefficient (Wildman–Crippen LogP) is 1.51. The maximum atomic E-state index is 11.9. The Labute approximate surface area is 104 Å². The fourth-order valence-corrected chi connectivity index (χ4v) is 1.54. The maximum Gasteiger partial charge on any atom is 0.359 e. The van der Waals surface area contributed by atoms with E-state index in [0.717, 1.165) is 5.01 Å². The van der Waals surface area contributed by atoms with Gasteiger partial charge in [0.2, 0.25) is 0 Å². The highest BCUT2D eigenvalue weighted by molar-refractivity contribution is 6.52. The molecule has 0 saturated heterocycles. The molecule has 1 amide bonds. The highest BCUT2D eigenvalue weighted by atomic mass is 16.5. The number of para-hydroxylation sites is 1. The Kier molecular flexibility index (Phi) is 3.23. The van der Waals surface area contributed by atoms with Crippen LogP contribution in [-0.2, 0) is 14.3 Å². The molecule has 0 atom stereocenters. The number of hydrazone groups is 1. The Morgan fingerprint density at radius 3 is 2.67 bits per heavy atom. The Hall–Kier alpha value is -2.43. The molecule has 0 N–H and O–H groups in total. The average molecular weight is 244 g/mol. The Balaban J connectivity index is 2.32. The second-order valence-electron chi connectivity index (χ2n) is 3.60. The topological polar surface area (TPSA) is 59.0 Å². The second kappa shape index (κ2) is 4.83. The van der Waals surface area contributed by atoms with Gasteiger partial charge < -0.3 is 4.74 Å². The summed E-state index contributed by atoms with van der Waals surface area (Å²) in [5.74, 6) is -1.04. The SMILES string of the molecule is C=C1C(=O)N(c2ccccc2)N=C1C(=O)OCC. The third-order valence-corrected chi connectivity index (χ3v) is 2.41. The summed E-state index contributed by atoms with van der Waals surface area (Å²) in [7, 11) is 0. The molecule has 0 radical (unpaired) electrons. The van der Waals surface area contributed by atoms with Crippen LogP contribution in [0.15, 0.2) is 47.6 Å². The van der Waals surface area contributed by atoms with Crippen LogP contribution in [0.5, 0.6) is 0 Å². The normalized spacial score (nSPS) is 14.7. The lowest BCUT2D eigenvalue weighted by molar-refractivity contribution is -0.135. The molecule has 0 bridgehead atoms. The first kappa shape index (κ1) is 12.0. The minimum Gasteiger partial charge on any atom is -0.461 e. The summed E-state index contributed by atoms with van der Waals surface area (Å²) in [4.78, 5) is 23.5. The summed E-state index contributed by atoms with van der Waals surface area (Å²) in [5, 5.41) is 5.11. The summed E-state index contributed by atoms with van der Waals surface area (Å²) in [6, 6.07) is 8.84. The molecule has 5 heteroatoms. The van der Waals surface area contributed by atoms with E-state index in [1.807, 2.05) is 6.07 Å². The second-order valence-corrected chi connectivity index (χ2v) is 3.60. The van der Waals surface area contributed by atoms with Gasteiger partial charge in [-0.1, -0.05) is 24.8 Å². The van der Waals surface area contributed by atoms with Crippen molar-refractivity contribution in [3.05, 3.63) is 42.5 Å². The Bertz CT molecular complexity index is 534. The number of anilines is 1. The van der Waals surface area contributed by atoms with Gasteiger partial charge in [-0.25, -0.2) is 4.79 Å². The van der Waals surface area contributed by atoms with Crippen LogP contribution >= 0.6 is 0 Å². The quantitative estimate of drug-likeness (QED) is 0.598. The number of nitrogens with zero attached hydrogens (tertiary/aromatic N) is 2. The van der Waals surface area contributed by atoms with Gasteiger partial charge in [-0.15, -0.1) is 0 Å². The van der Waals surface area contributed by atoms with E-state index >= 15 is 0 Å². The van der Waals surface area contributed by atoms with Gasteiger partial charge in [-0.2, -0.15) is 10.1 Å². The van der Waals surface area contributed by atoms with Gasteiger partial charge in [0.05, 0.1) is 17.9 Å². The van der Waals surface area contributed by atoms with Gasteiger partial charge in [0.15, 0.2) is 5.71 Å². The van der Waals surface area contributed by atoms with Crippen LogP contribution in [0.3, 0.4) is 0 Å². The van der Waals surface area contributed by atoms with Gasteiger partial charge in [0.1, 0.15) is 0 Å². The Morgan fingerprint density at radius 1 is 1.39 bits per heavy atom. The number of carbonyl (C=O) groups excluding carboxylic acids is 2. The summed E-state index contributed by atoms with van der Waals surface area (Å²) >= 11 is 0. The lowest BCUT2D eigenvalue weighted by Gasteiger charge is -2.10. The molecular weight excluding hydrogens is 232 g/mol. The van der Waals surface area contributed by atoms with Crippen molar-refractivity contribution in [3.63, 3.8) is 0 Å². The first-order valence-electron chi connectivity index (χ1n) is 5.49. The maximum absolute atomic E-state index is 11.9.